The van der Waals surface area contributed by atoms with Crippen LogP contribution in [0.3, 0.4) is 0 Å². The highest BCUT2D eigenvalue weighted by atomic mass is 19.4. The number of benzene rings is 2. The van der Waals surface area contributed by atoms with Crippen LogP contribution in [0.2, 0.25) is 0 Å². The fourth-order valence-corrected chi connectivity index (χ4v) is 4.02. The van der Waals surface area contributed by atoms with E-state index in [1.807, 2.05) is 12.2 Å². The summed E-state index contributed by atoms with van der Waals surface area (Å²) in [5, 5.41) is 12.1. The van der Waals surface area contributed by atoms with Gasteiger partial charge >= 0.3 is 12.1 Å². The van der Waals surface area contributed by atoms with Gasteiger partial charge in [0.2, 0.25) is 0 Å². The lowest BCUT2D eigenvalue weighted by Crippen LogP contribution is -2.30. The van der Waals surface area contributed by atoms with E-state index >= 15 is 0 Å². The molecule has 1 aliphatic heterocycles. The molecule has 0 aromatic heterocycles. The summed E-state index contributed by atoms with van der Waals surface area (Å²) in [7, 11) is 0. The molecule has 0 unspecified atom stereocenters. The largest absolute Gasteiger partial charge is 0.478 e. The van der Waals surface area contributed by atoms with E-state index < -0.39 is 17.7 Å². The molecule has 0 radical (unpaired) electrons. The summed E-state index contributed by atoms with van der Waals surface area (Å²) < 4.78 is 40.4. The van der Waals surface area contributed by atoms with E-state index in [4.69, 9.17) is 5.11 Å². The van der Waals surface area contributed by atoms with Gasteiger partial charge in [-0.3, -0.25) is 0 Å². The van der Waals surface area contributed by atoms with Crippen molar-refractivity contribution in [2.24, 2.45) is 5.92 Å². The van der Waals surface area contributed by atoms with Crippen LogP contribution in [0, 0.1) is 5.92 Å². The highest BCUT2D eigenvalue weighted by Gasteiger charge is 2.42. The van der Waals surface area contributed by atoms with Crippen molar-refractivity contribution >= 4 is 11.7 Å². The highest BCUT2D eigenvalue weighted by molar-refractivity contribution is 5.87. The van der Waals surface area contributed by atoms with Gasteiger partial charge in [-0.15, -0.1) is 0 Å². The van der Waals surface area contributed by atoms with Crippen LogP contribution in [0.15, 0.2) is 54.6 Å². The second-order valence-corrected chi connectivity index (χ2v) is 6.67. The number of hydrogen-bond acceptors (Lipinski definition) is 2. The average molecular weight is 359 g/mol. The molecule has 3 atom stereocenters. The molecule has 0 amide bonds. The first-order chi connectivity index (χ1) is 12.4. The molecule has 1 aliphatic carbocycles. The molecular formula is C20H16F3NO2. The van der Waals surface area contributed by atoms with Gasteiger partial charge in [0.1, 0.15) is 0 Å². The number of alkyl halides is 3. The maximum atomic E-state index is 13.5. The van der Waals surface area contributed by atoms with Crippen molar-refractivity contribution in [2.75, 3.05) is 5.32 Å². The molecule has 0 fully saturated rings. The van der Waals surface area contributed by atoms with Crippen LogP contribution < -0.4 is 5.32 Å². The fourth-order valence-electron chi connectivity index (χ4n) is 4.02. The number of aromatic carboxylic acids is 1. The van der Waals surface area contributed by atoms with Crippen molar-refractivity contribution in [3.63, 3.8) is 0 Å². The predicted octanol–water partition coefficient (Wildman–Crippen LogP) is 5.23. The topological polar surface area (TPSA) is 49.3 Å². The summed E-state index contributed by atoms with van der Waals surface area (Å²) >= 11 is 0. The van der Waals surface area contributed by atoms with Gasteiger partial charge in [0.05, 0.1) is 22.9 Å². The van der Waals surface area contributed by atoms with Crippen molar-refractivity contribution in [1.29, 1.82) is 0 Å². The second-order valence-electron chi connectivity index (χ2n) is 6.67. The van der Waals surface area contributed by atoms with Gasteiger partial charge in [-0.25, -0.2) is 4.79 Å². The SMILES string of the molecule is O=C(O)c1ccc([C@@H]2Nc3c(cccc3C(F)(F)F)[C@H]3C=CC[C@H]32)cc1. The number of fused-ring (bicyclic) bond motifs is 3. The van der Waals surface area contributed by atoms with E-state index in [-0.39, 0.29) is 29.1 Å². The number of rotatable bonds is 2. The fraction of sp³-hybridized carbons (Fsp3) is 0.250. The Labute approximate surface area is 148 Å². The Morgan fingerprint density at radius 1 is 1.12 bits per heavy atom. The number of allylic oxidation sites excluding steroid dienone is 2. The molecule has 2 aromatic rings. The van der Waals surface area contributed by atoms with E-state index in [1.54, 1.807) is 18.2 Å². The quantitative estimate of drug-likeness (QED) is 0.722. The standard InChI is InChI=1S/C20H16F3NO2/c21-20(22,23)16-6-2-5-15-13-3-1-4-14(13)17(24-18(15)16)11-7-9-12(10-8-11)19(25)26/h1-3,5-10,13-14,17,24H,4H2,(H,25,26)/t13-,14+,17-/m0/s1. The van der Waals surface area contributed by atoms with Gasteiger partial charge in [-0.2, -0.15) is 13.2 Å². The normalized spacial score (nSPS) is 23.9. The molecule has 2 aromatic carbocycles. The molecule has 4 rings (SSSR count). The molecule has 2 aliphatic rings. The number of nitrogens with one attached hydrogen (secondary N) is 1. The Hall–Kier alpha value is -2.76. The first-order valence-electron chi connectivity index (χ1n) is 8.33. The molecule has 26 heavy (non-hydrogen) atoms. The number of para-hydroxylation sites is 1. The zero-order valence-electron chi connectivity index (χ0n) is 13.6. The Morgan fingerprint density at radius 2 is 1.85 bits per heavy atom. The summed E-state index contributed by atoms with van der Waals surface area (Å²) in [6.07, 6.45) is 0.304. The molecule has 1 heterocycles. The number of halogens is 3. The van der Waals surface area contributed by atoms with Crippen LogP contribution in [0.1, 0.15) is 45.4 Å². The first-order valence-corrected chi connectivity index (χ1v) is 8.33. The maximum Gasteiger partial charge on any atom is 0.418 e. The van der Waals surface area contributed by atoms with Crippen LogP contribution in [0.4, 0.5) is 18.9 Å². The lowest BCUT2D eigenvalue weighted by atomic mass is 9.76. The van der Waals surface area contributed by atoms with Crippen molar-refractivity contribution in [2.45, 2.75) is 24.6 Å². The van der Waals surface area contributed by atoms with Crippen LogP contribution in [-0.2, 0) is 6.18 Å². The minimum Gasteiger partial charge on any atom is -0.478 e. The van der Waals surface area contributed by atoms with Gasteiger partial charge in [-0.05, 0) is 41.7 Å². The summed E-state index contributed by atoms with van der Waals surface area (Å²) in [6, 6.07) is 10.3. The third kappa shape index (κ3) is 2.66. The van der Waals surface area contributed by atoms with E-state index in [9.17, 15) is 18.0 Å². The lowest BCUT2D eigenvalue weighted by Gasteiger charge is -2.38. The summed E-state index contributed by atoms with van der Waals surface area (Å²) in [5.74, 6) is -1.02. The average Bonchev–Trinajstić information content (AvgIpc) is 3.09. The number of anilines is 1. The Bertz CT molecular complexity index is 887. The molecule has 0 saturated carbocycles. The number of carboxylic acids is 1. The zero-order valence-corrected chi connectivity index (χ0v) is 13.6. The van der Waals surface area contributed by atoms with Crippen molar-refractivity contribution in [1.82, 2.24) is 0 Å². The van der Waals surface area contributed by atoms with E-state index in [2.05, 4.69) is 5.32 Å². The van der Waals surface area contributed by atoms with Gasteiger partial charge in [0, 0.05) is 5.92 Å². The summed E-state index contributed by atoms with van der Waals surface area (Å²) in [6.45, 7) is 0. The molecule has 2 N–H and O–H groups in total. The Morgan fingerprint density at radius 3 is 2.50 bits per heavy atom. The first kappa shape index (κ1) is 16.7. The van der Waals surface area contributed by atoms with E-state index in [0.717, 1.165) is 18.1 Å². The minimum atomic E-state index is -4.44. The van der Waals surface area contributed by atoms with Crippen LogP contribution in [-0.4, -0.2) is 11.1 Å². The van der Waals surface area contributed by atoms with Gasteiger partial charge < -0.3 is 10.4 Å². The van der Waals surface area contributed by atoms with Crippen molar-refractivity contribution in [3.05, 3.63) is 76.9 Å². The number of hydrogen-bond donors (Lipinski definition) is 2. The van der Waals surface area contributed by atoms with Gasteiger partial charge in [0.25, 0.3) is 0 Å². The minimum absolute atomic E-state index is 0.0855. The van der Waals surface area contributed by atoms with Gasteiger partial charge in [-0.1, -0.05) is 36.4 Å². The molecule has 134 valence electrons. The number of carbonyl (C=O) groups is 1. The molecular weight excluding hydrogens is 343 g/mol. The smallest absolute Gasteiger partial charge is 0.418 e. The van der Waals surface area contributed by atoms with Crippen LogP contribution in [0.5, 0.6) is 0 Å². The third-order valence-corrected chi connectivity index (χ3v) is 5.22. The van der Waals surface area contributed by atoms with E-state index in [0.29, 0.717) is 5.56 Å². The Balaban J connectivity index is 1.79. The molecule has 0 bridgehead atoms. The molecule has 0 saturated heterocycles. The second kappa shape index (κ2) is 5.90. The summed E-state index contributed by atoms with van der Waals surface area (Å²) in [4.78, 5) is 11.0. The monoisotopic (exact) mass is 359 g/mol. The third-order valence-electron chi connectivity index (χ3n) is 5.22. The predicted molar refractivity (Wildman–Crippen MR) is 91.2 cm³/mol. The van der Waals surface area contributed by atoms with Crippen LogP contribution in [0.25, 0.3) is 0 Å². The highest BCUT2D eigenvalue weighted by Crippen LogP contribution is 2.52. The van der Waals surface area contributed by atoms with Crippen molar-refractivity contribution < 1.29 is 23.1 Å². The molecule has 6 heteroatoms. The zero-order chi connectivity index (χ0) is 18.5. The maximum absolute atomic E-state index is 13.5. The van der Waals surface area contributed by atoms with Crippen molar-refractivity contribution in [3.8, 4) is 0 Å². The Kier molecular flexibility index (Phi) is 3.79. The number of carboxylic acid groups (broad SMARTS) is 1. The van der Waals surface area contributed by atoms with E-state index in [1.165, 1.54) is 18.2 Å². The lowest BCUT2D eigenvalue weighted by molar-refractivity contribution is -0.137. The van der Waals surface area contributed by atoms with Gasteiger partial charge in [0.15, 0.2) is 0 Å². The van der Waals surface area contributed by atoms with Crippen LogP contribution >= 0.6 is 0 Å². The summed E-state index contributed by atoms with van der Waals surface area (Å²) in [5.41, 5.74) is 1.07. The molecule has 3 nitrogen and oxygen atoms in total. The molecule has 0 spiro atoms.